The van der Waals surface area contributed by atoms with Crippen LogP contribution in [0, 0.1) is 0 Å². The largest absolute Gasteiger partial charge is 0.462 e. The highest BCUT2D eigenvalue weighted by molar-refractivity contribution is 5.71. The minimum Gasteiger partial charge on any atom is -0.462 e. The second-order valence-corrected chi connectivity index (χ2v) is 22.0. The lowest BCUT2D eigenvalue weighted by molar-refractivity contribution is -0.167. The van der Waals surface area contributed by atoms with Crippen LogP contribution in [0.2, 0.25) is 0 Å². The Morgan fingerprint density at radius 2 is 0.481 bits per heavy atom. The van der Waals surface area contributed by atoms with E-state index in [4.69, 9.17) is 14.2 Å². The molecule has 0 N–H and O–H groups in total. The zero-order valence-electron chi connectivity index (χ0n) is 52.8. The maximum Gasteiger partial charge on any atom is 0.306 e. The molecule has 0 aromatic heterocycles. The number of carbonyl (C=O) groups excluding carboxylic acids is 3. The number of hydrogen-bond acceptors (Lipinski definition) is 6. The summed E-state index contributed by atoms with van der Waals surface area (Å²) >= 11 is 0. The van der Waals surface area contributed by atoms with Gasteiger partial charge >= 0.3 is 17.9 Å². The number of unbranched alkanes of at least 4 members (excludes halogenated alkanes) is 27. The second kappa shape index (κ2) is 68.1. The van der Waals surface area contributed by atoms with Crippen molar-refractivity contribution in [1.82, 2.24) is 0 Å². The molecule has 0 aliphatic rings. The van der Waals surface area contributed by atoms with E-state index >= 15 is 0 Å². The summed E-state index contributed by atoms with van der Waals surface area (Å²) in [6, 6.07) is 0. The third kappa shape index (κ3) is 66.2. The van der Waals surface area contributed by atoms with E-state index in [-0.39, 0.29) is 37.5 Å². The molecule has 0 heterocycles. The van der Waals surface area contributed by atoms with Crippen LogP contribution < -0.4 is 0 Å². The predicted molar refractivity (Wildman–Crippen MR) is 353 cm³/mol. The molecule has 6 nitrogen and oxygen atoms in total. The molecule has 81 heavy (non-hydrogen) atoms. The van der Waals surface area contributed by atoms with E-state index in [1.165, 1.54) is 135 Å². The number of ether oxygens (including phenoxy) is 3. The summed E-state index contributed by atoms with van der Waals surface area (Å²) in [5, 5.41) is 0. The minimum atomic E-state index is -0.803. The number of carbonyl (C=O) groups is 3. The van der Waals surface area contributed by atoms with Crippen molar-refractivity contribution in [2.45, 2.75) is 309 Å². The summed E-state index contributed by atoms with van der Waals surface area (Å²) in [4.78, 5) is 38.3. The van der Waals surface area contributed by atoms with Crippen LogP contribution in [0.4, 0.5) is 0 Å². The fourth-order valence-corrected chi connectivity index (χ4v) is 9.18. The SMILES string of the molecule is CC/C=C\C/C=C\C/C=C\C/C=C\C/C=C\C/C=C\CCCCC(=O)OC(COC(=O)CCCCCCCCCCCCC)COC(=O)CCCCCCCCCCCCCCCCC/C=C\C/C=C\C/C=C\C/C=C\C/C=C\CC. The molecule has 6 heteroatoms. The van der Waals surface area contributed by atoms with Crippen LogP contribution in [-0.2, 0) is 28.6 Å². The van der Waals surface area contributed by atoms with Crippen molar-refractivity contribution in [1.29, 1.82) is 0 Å². The van der Waals surface area contributed by atoms with Crippen molar-refractivity contribution in [2.24, 2.45) is 0 Å². The fourth-order valence-electron chi connectivity index (χ4n) is 9.18. The van der Waals surface area contributed by atoms with Crippen molar-refractivity contribution >= 4 is 17.9 Å². The van der Waals surface area contributed by atoms with Gasteiger partial charge in [0.25, 0.3) is 0 Å². The van der Waals surface area contributed by atoms with E-state index in [0.717, 1.165) is 122 Å². The maximum atomic E-state index is 12.9. The van der Waals surface area contributed by atoms with Crippen LogP contribution in [0.25, 0.3) is 0 Å². The van der Waals surface area contributed by atoms with E-state index in [9.17, 15) is 14.4 Å². The minimum absolute atomic E-state index is 0.0953. The topological polar surface area (TPSA) is 78.9 Å². The molecule has 0 radical (unpaired) electrons. The van der Waals surface area contributed by atoms with E-state index < -0.39 is 6.10 Å². The Morgan fingerprint density at radius 3 is 0.778 bits per heavy atom. The number of rotatable bonds is 60. The van der Waals surface area contributed by atoms with Crippen LogP contribution in [0.5, 0.6) is 0 Å². The van der Waals surface area contributed by atoms with Crippen molar-refractivity contribution in [2.75, 3.05) is 13.2 Å². The molecule has 0 bridgehead atoms. The van der Waals surface area contributed by atoms with Gasteiger partial charge in [-0.2, -0.15) is 0 Å². The van der Waals surface area contributed by atoms with Crippen molar-refractivity contribution in [3.05, 3.63) is 134 Å². The van der Waals surface area contributed by atoms with Gasteiger partial charge in [-0.15, -0.1) is 0 Å². The van der Waals surface area contributed by atoms with Gasteiger partial charge in [0.2, 0.25) is 0 Å². The summed E-state index contributed by atoms with van der Waals surface area (Å²) in [6.45, 7) is 6.39. The third-order valence-corrected chi connectivity index (χ3v) is 14.2. The van der Waals surface area contributed by atoms with Gasteiger partial charge in [0.1, 0.15) is 13.2 Å². The summed E-state index contributed by atoms with van der Waals surface area (Å²) in [5.74, 6) is -0.934. The first-order chi connectivity index (χ1) is 40.0. The lowest BCUT2D eigenvalue weighted by Crippen LogP contribution is -2.30. The summed E-state index contributed by atoms with van der Waals surface area (Å²) in [5.41, 5.74) is 0. The predicted octanol–water partition coefficient (Wildman–Crippen LogP) is 23.3. The van der Waals surface area contributed by atoms with Gasteiger partial charge < -0.3 is 14.2 Å². The molecular weight excluding hydrogens is 997 g/mol. The van der Waals surface area contributed by atoms with Crippen LogP contribution in [-0.4, -0.2) is 37.2 Å². The Hall–Kier alpha value is -4.45. The quantitative estimate of drug-likeness (QED) is 0.0261. The highest BCUT2D eigenvalue weighted by atomic mass is 16.6. The van der Waals surface area contributed by atoms with Gasteiger partial charge in [-0.1, -0.05) is 302 Å². The maximum absolute atomic E-state index is 12.9. The lowest BCUT2D eigenvalue weighted by atomic mass is 10.0. The molecule has 1 atom stereocenters. The second-order valence-electron chi connectivity index (χ2n) is 22.0. The van der Waals surface area contributed by atoms with Gasteiger partial charge in [0, 0.05) is 19.3 Å². The van der Waals surface area contributed by atoms with Gasteiger partial charge in [-0.05, 0) is 116 Å². The first kappa shape index (κ1) is 76.5. The first-order valence-electron chi connectivity index (χ1n) is 33.7. The molecule has 0 aromatic carbocycles. The number of esters is 3. The number of hydrogen-bond donors (Lipinski definition) is 0. The summed E-state index contributed by atoms with van der Waals surface area (Å²) < 4.78 is 16.9. The fraction of sp³-hybridized carbons (Fsp3) is 0.667. The Balaban J connectivity index is 4.27. The zero-order chi connectivity index (χ0) is 58.5. The van der Waals surface area contributed by atoms with E-state index in [1.54, 1.807) is 0 Å². The molecule has 0 rings (SSSR count). The molecule has 1 unspecified atom stereocenters. The Bertz CT molecular complexity index is 1720. The van der Waals surface area contributed by atoms with E-state index in [0.29, 0.717) is 19.3 Å². The van der Waals surface area contributed by atoms with E-state index in [2.05, 4.69) is 154 Å². The first-order valence-corrected chi connectivity index (χ1v) is 33.7. The molecule has 0 aromatic rings. The van der Waals surface area contributed by atoms with Gasteiger partial charge in [-0.25, -0.2) is 0 Å². The van der Waals surface area contributed by atoms with Gasteiger partial charge in [-0.3, -0.25) is 14.4 Å². The smallest absolute Gasteiger partial charge is 0.306 e. The molecule has 0 fully saturated rings. The average molecular weight is 1120 g/mol. The highest BCUT2D eigenvalue weighted by Gasteiger charge is 2.19. The van der Waals surface area contributed by atoms with Gasteiger partial charge in [0.15, 0.2) is 6.10 Å². The lowest BCUT2D eigenvalue weighted by Gasteiger charge is -2.18. The van der Waals surface area contributed by atoms with Crippen LogP contribution in [0.15, 0.2) is 134 Å². The average Bonchev–Trinajstić information content (AvgIpc) is 3.47. The van der Waals surface area contributed by atoms with E-state index in [1.807, 2.05) is 0 Å². The molecule has 0 aliphatic heterocycles. The molecule has 0 saturated carbocycles. The third-order valence-electron chi connectivity index (χ3n) is 14.2. The molecular formula is C75H124O6. The monoisotopic (exact) mass is 1120 g/mol. The molecule has 0 aliphatic carbocycles. The molecule has 0 saturated heterocycles. The summed E-state index contributed by atoms with van der Waals surface area (Å²) in [6.07, 6.45) is 96.2. The molecule has 0 amide bonds. The van der Waals surface area contributed by atoms with Crippen LogP contribution >= 0.6 is 0 Å². The van der Waals surface area contributed by atoms with Crippen molar-refractivity contribution in [3.8, 4) is 0 Å². The Kier molecular flexibility index (Phi) is 64.3. The normalized spacial score (nSPS) is 13.0. The summed E-state index contributed by atoms with van der Waals surface area (Å²) in [7, 11) is 0. The van der Waals surface area contributed by atoms with Crippen LogP contribution in [0.3, 0.4) is 0 Å². The standard InChI is InChI=1S/C75H124O6/c1-4-7-10-13-16-19-22-24-26-28-30-32-33-34-35-36-37-38-39-40-41-43-44-46-48-50-53-56-59-62-65-68-74(77)80-71-72(70-79-73(76)67-64-61-58-55-52-21-18-15-12-9-6-3)81-75(78)69-66-63-60-57-54-51-49-47-45-42-31-29-27-25-23-20-17-14-11-8-5-2/h7-8,10-11,16-17,19-20,24-27,30-32,34-35,42,47,49,54,57,72H,4-6,9,12-15,18,21-23,28-29,33,36-41,43-46,48,50-53,55-56,58-71H2,1-3H3/b10-7-,11-8-,19-16-,20-17-,26-24-,27-25-,32-30-,35-34-,42-31-,49-47-,57-54-. The van der Waals surface area contributed by atoms with Crippen molar-refractivity contribution < 1.29 is 28.6 Å². The Morgan fingerprint density at radius 1 is 0.259 bits per heavy atom. The molecule has 460 valence electrons. The molecule has 0 spiro atoms. The Labute approximate surface area is 500 Å². The van der Waals surface area contributed by atoms with Gasteiger partial charge in [0.05, 0.1) is 0 Å². The van der Waals surface area contributed by atoms with Crippen molar-refractivity contribution in [3.63, 3.8) is 0 Å². The number of allylic oxidation sites excluding steroid dienone is 22. The van der Waals surface area contributed by atoms with Crippen LogP contribution in [0.1, 0.15) is 303 Å². The highest BCUT2D eigenvalue weighted by Crippen LogP contribution is 2.16. The zero-order valence-corrected chi connectivity index (χ0v) is 52.8.